The number of allylic oxidation sites excluding steroid dienone is 4. The molecule has 1 heterocycles. The first-order valence-corrected chi connectivity index (χ1v) is 11.8. The fourth-order valence-electron chi connectivity index (χ4n) is 2.42. The normalized spacial score (nSPS) is 11.5. The average molecular weight is 509 g/mol. The van der Waals surface area contributed by atoms with Crippen LogP contribution in [0.15, 0.2) is 29.5 Å². The van der Waals surface area contributed by atoms with Crippen LogP contribution in [0.2, 0.25) is 0 Å². The number of unbranched alkanes of at least 4 members (excludes halogenated alkanes) is 1. The van der Waals surface area contributed by atoms with Gasteiger partial charge >= 0.3 is 118 Å². The van der Waals surface area contributed by atoms with Gasteiger partial charge in [-0.25, -0.2) is 0 Å². The standard InChI is InChI=1S/C16H29N3O6P2.4Na/c1-13(2)7-6-9-14(3)8-4-5-10-19-12-15(17-18-19)11-16(26(20,21)22)27(23,24)25;;;;/h7-8,12,16H,4-6,9-11H2,1-3H3,(H2,20,21,22)(H2,23,24,25);;;;/q;4*+1/p-4/b14-8+;;;;. The van der Waals surface area contributed by atoms with Gasteiger partial charge in [0, 0.05) is 24.6 Å². The molecule has 0 spiro atoms. The van der Waals surface area contributed by atoms with Crippen LogP contribution < -0.4 is 138 Å². The van der Waals surface area contributed by atoms with Crippen molar-refractivity contribution in [1.82, 2.24) is 15.0 Å². The molecule has 31 heavy (non-hydrogen) atoms. The van der Waals surface area contributed by atoms with Crippen LogP contribution in [-0.4, -0.2) is 20.4 Å². The summed E-state index contributed by atoms with van der Waals surface area (Å²) in [6, 6.07) is 0. The molecular formula is C16H25N3Na4O6P2. The summed E-state index contributed by atoms with van der Waals surface area (Å²) in [5, 5.41) is 4.88. The van der Waals surface area contributed by atoms with Crippen molar-refractivity contribution in [2.75, 3.05) is 0 Å². The monoisotopic (exact) mass is 509 g/mol. The first-order valence-electron chi connectivity index (χ1n) is 8.61. The molecule has 0 atom stereocenters. The van der Waals surface area contributed by atoms with Crippen LogP contribution in [0.1, 0.15) is 52.1 Å². The summed E-state index contributed by atoms with van der Waals surface area (Å²) >= 11 is 0. The molecule has 0 aliphatic rings. The van der Waals surface area contributed by atoms with E-state index in [2.05, 4.69) is 43.2 Å². The first kappa shape index (κ1) is 41.1. The summed E-state index contributed by atoms with van der Waals surface area (Å²) in [6.45, 7) is 6.69. The number of hydrogen-bond donors (Lipinski definition) is 0. The van der Waals surface area contributed by atoms with Crippen LogP contribution in [0.3, 0.4) is 0 Å². The Bertz CT molecular complexity index is 753. The zero-order valence-corrected chi connectivity index (χ0v) is 29.5. The number of aromatic nitrogens is 3. The topological polar surface area (TPSA) is 157 Å². The van der Waals surface area contributed by atoms with Gasteiger partial charge in [-0.05, 0) is 46.5 Å². The van der Waals surface area contributed by atoms with Gasteiger partial charge in [0.05, 0.1) is 5.69 Å². The van der Waals surface area contributed by atoms with E-state index in [1.807, 2.05) is 0 Å². The fraction of sp³-hybridized carbons (Fsp3) is 0.625. The molecule has 1 aromatic rings. The maximum Gasteiger partial charge on any atom is 1.00 e. The molecule has 9 nitrogen and oxygen atoms in total. The van der Waals surface area contributed by atoms with Crippen molar-refractivity contribution in [2.24, 2.45) is 0 Å². The van der Waals surface area contributed by atoms with E-state index in [1.54, 1.807) is 0 Å². The Balaban J connectivity index is -0.000000911. The number of hydrogen-bond acceptors (Lipinski definition) is 8. The Morgan fingerprint density at radius 2 is 1.55 bits per heavy atom. The van der Waals surface area contributed by atoms with Crippen LogP contribution >= 0.6 is 15.2 Å². The van der Waals surface area contributed by atoms with E-state index in [0.29, 0.717) is 6.54 Å². The molecule has 0 bridgehead atoms. The summed E-state index contributed by atoms with van der Waals surface area (Å²) in [4.78, 5) is 44.0. The fourth-order valence-corrected chi connectivity index (χ4v) is 4.62. The summed E-state index contributed by atoms with van der Waals surface area (Å²) in [5.74, 6) is 0. The van der Waals surface area contributed by atoms with E-state index < -0.39 is 27.0 Å². The van der Waals surface area contributed by atoms with Gasteiger partial charge in [0.15, 0.2) is 0 Å². The molecule has 0 aliphatic carbocycles. The zero-order chi connectivity index (χ0) is 20.7. The summed E-state index contributed by atoms with van der Waals surface area (Å²) in [7, 11) is -11.2. The molecule has 1 aromatic heterocycles. The SMILES string of the molecule is CC(C)=CCC/C(C)=C/CCCn1cc(CC(P(=O)([O-])[O-])P(=O)([O-])[O-])nn1.[Na+].[Na+].[Na+].[Na+]. The molecule has 0 saturated carbocycles. The molecule has 1 rings (SSSR count). The quantitative estimate of drug-likeness (QED) is 0.123. The van der Waals surface area contributed by atoms with Gasteiger partial charge in [-0.15, -0.1) is 5.10 Å². The Hall–Kier alpha value is 2.92. The van der Waals surface area contributed by atoms with E-state index in [9.17, 15) is 28.7 Å². The predicted octanol–water partition coefficient (Wildman–Crippen LogP) is -11.5. The second-order valence-corrected chi connectivity index (χ2v) is 10.6. The van der Waals surface area contributed by atoms with Crippen molar-refractivity contribution in [3.63, 3.8) is 0 Å². The molecule has 154 valence electrons. The van der Waals surface area contributed by atoms with Crippen molar-refractivity contribution in [3.8, 4) is 0 Å². The maximum absolute atomic E-state index is 11.0. The van der Waals surface area contributed by atoms with Gasteiger partial charge < -0.3 is 28.7 Å². The van der Waals surface area contributed by atoms with Gasteiger partial charge in [-0.2, -0.15) is 0 Å². The van der Waals surface area contributed by atoms with E-state index in [0.717, 1.165) is 25.7 Å². The Morgan fingerprint density at radius 1 is 1.00 bits per heavy atom. The number of nitrogens with zero attached hydrogens (tertiary/aromatic N) is 3. The zero-order valence-electron chi connectivity index (χ0n) is 19.7. The minimum absolute atomic E-state index is 0. The smallest absolute Gasteiger partial charge is 0.810 e. The molecule has 0 aromatic carbocycles. The third kappa shape index (κ3) is 18.8. The third-order valence-corrected chi connectivity index (χ3v) is 7.41. The molecule has 0 unspecified atom stereocenters. The van der Waals surface area contributed by atoms with E-state index in [4.69, 9.17) is 0 Å². The molecule has 0 aliphatic heterocycles. The van der Waals surface area contributed by atoms with E-state index in [1.165, 1.54) is 22.0 Å². The number of rotatable bonds is 11. The Morgan fingerprint density at radius 3 is 2.03 bits per heavy atom. The van der Waals surface area contributed by atoms with Crippen molar-refractivity contribution in [1.29, 1.82) is 0 Å². The Labute approximate surface area is 273 Å². The Kier molecular flexibility index (Phi) is 26.5. The van der Waals surface area contributed by atoms with Crippen LogP contribution in [0.4, 0.5) is 0 Å². The largest absolute Gasteiger partial charge is 1.00 e. The molecule has 0 radical (unpaired) electrons. The minimum atomic E-state index is -5.58. The van der Waals surface area contributed by atoms with Crippen molar-refractivity contribution in [2.45, 2.75) is 64.8 Å². The summed E-state index contributed by atoms with van der Waals surface area (Å²) < 4.78 is 23.5. The van der Waals surface area contributed by atoms with Gasteiger partial charge in [0.25, 0.3) is 0 Å². The van der Waals surface area contributed by atoms with Crippen LogP contribution in [0.5, 0.6) is 0 Å². The first-order chi connectivity index (χ1) is 12.4. The van der Waals surface area contributed by atoms with Crippen LogP contribution in [-0.2, 0) is 22.1 Å². The summed E-state index contributed by atoms with van der Waals surface area (Å²) in [6.07, 6.45) is 8.48. The van der Waals surface area contributed by atoms with Crippen molar-refractivity contribution < 1.29 is 147 Å². The minimum Gasteiger partial charge on any atom is -0.810 e. The van der Waals surface area contributed by atoms with Gasteiger partial charge in [0.1, 0.15) is 0 Å². The van der Waals surface area contributed by atoms with Crippen LogP contribution in [0.25, 0.3) is 0 Å². The molecule has 0 fully saturated rings. The van der Waals surface area contributed by atoms with E-state index >= 15 is 0 Å². The third-order valence-electron chi connectivity index (χ3n) is 3.88. The average Bonchev–Trinajstić information content (AvgIpc) is 2.94. The number of aryl methyl sites for hydroxylation is 1. The van der Waals surface area contributed by atoms with Crippen LogP contribution in [0, 0.1) is 0 Å². The molecule has 15 heteroatoms. The van der Waals surface area contributed by atoms with Gasteiger partial charge in [-0.1, -0.05) is 43.7 Å². The predicted molar refractivity (Wildman–Crippen MR) is 94.4 cm³/mol. The van der Waals surface area contributed by atoms with Gasteiger partial charge in [-0.3, -0.25) is 4.68 Å². The van der Waals surface area contributed by atoms with Crippen molar-refractivity contribution in [3.05, 3.63) is 35.2 Å². The second kappa shape index (κ2) is 20.0. The van der Waals surface area contributed by atoms with Gasteiger partial charge in [0.2, 0.25) is 0 Å². The molecule has 0 saturated heterocycles. The van der Waals surface area contributed by atoms with Crippen molar-refractivity contribution >= 4 is 15.2 Å². The second-order valence-electron chi connectivity index (χ2n) is 6.75. The summed E-state index contributed by atoms with van der Waals surface area (Å²) in [5.41, 5.74) is 2.56. The van der Waals surface area contributed by atoms with E-state index in [-0.39, 0.29) is 124 Å². The molecule has 0 N–H and O–H groups in total. The molecular weight excluding hydrogens is 484 g/mol. The maximum atomic E-state index is 11.0. The molecule has 0 amide bonds.